The van der Waals surface area contributed by atoms with Gasteiger partial charge in [-0.1, -0.05) is 29.8 Å². The summed E-state index contributed by atoms with van der Waals surface area (Å²) in [7, 11) is 0. The Balaban J connectivity index is 1.68. The fraction of sp³-hybridized carbons (Fsp3) is 0.0833. The number of hydrogen-bond acceptors (Lipinski definition) is 6. The highest BCUT2D eigenvalue weighted by Gasteiger charge is 2.32. The summed E-state index contributed by atoms with van der Waals surface area (Å²) in [5.41, 5.74) is 1.56. The van der Waals surface area contributed by atoms with Gasteiger partial charge < -0.3 is 0 Å². The molecule has 0 N–H and O–H groups in total. The third-order valence-corrected chi connectivity index (χ3v) is 5.63. The molecular formula is C24H13ClF3N7O. The number of alkyl halides is 3. The van der Waals surface area contributed by atoms with E-state index in [0.29, 0.717) is 27.3 Å². The molecule has 0 aliphatic rings. The number of pyridine rings is 2. The van der Waals surface area contributed by atoms with Crippen LogP contribution in [0.5, 0.6) is 0 Å². The molecule has 0 fully saturated rings. The summed E-state index contributed by atoms with van der Waals surface area (Å²) in [6, 6.07) is 14.3. The standard InChI is InChI=1S/C24H13ClF3N7O/c25-17-4-2-15(3-5-17)19-12-32-35-22(21(19)16-7-8-30-18(9-16)10-29)33-34(23(35)36)13-14-1-6-20(31-11-14)24(26,27)28/h1-9,11-12H,13H2. The van der Waals surface area contributed by atoms with E-state index in [-0.39, 0.29) is 17.9 Å². The zero-order chi connectivity index (χ0) is 25.4. The number of aromatic nitrogens is 6. The maximum Gasteiger partial charge on any atom is 0.433 e. The number of halogens is 4. The summed E-state index contributed by atoms with van der Waals surface area (Å²) in [5.74, 6) is 0. The van der Waals surface area contributed by atoms with Crippen molar-refractivity contribution in [2.75, 3.05) is 0 Å². The summed E-state index contributed by atoms with van der Waals surface area (Å²) < 4.78 is 40.7. The molecule has 0 aliphatic carbocycles. The van der Waals surface area contributed by atoms with E-state index in [1.54, 1.807) is 36.4 Å². The number of nitriles is 1. The quantitative estimate of drug-likeness (QED) is 0.352. The minimum atomic E-state index is -4.57. The molecule has 8 nitrogen and oxygen atoms in total. The van der Waals surface area contributed by atoms with E-state index in [9.17, 15) is 23.2 Å². The van der Waals surface area contributed by atoms with Gasteiger partial charge in [0.25, 0.3) is 0 Å². The second-order valence-electron chi connectivity index (χ2n) is 7.71. The maximum absolute atomic E-state index is 13.1. The molecule has 0 bridgehead atoms. The van der Waals surface area contributed by atoms with E-state index in [4.69, 9.17) is 11.6 Å². The number of benzene rings is 1. The van der Waals surface area contributed by atoms with Gasteiger partial charge in [0, 0.05) is 28.5 Å². The molecule has 5 aromatic rings. The predicted octanol–water partition coefficient (Wildman–Crippen LogP) is 4.61. The molecule has 4 aromatic heterocycles. The lowest BCUT2D eigenvalue weighted by atomic mass is 9.97. The molecule has 0 unspecified atom stereocenters. The molecule has 0 saturated carbocycles. The summed E-state index contributed by atoms with van der Waals surface area (Å²) >= 11 is 6.04. The Morgan fingerprint density at radius 1 is 1.00 bits per heavy atom. The molecule has 0 aliphatic heterocycles. The fourth-order valence-corrected chi connectivity index (χ4v) is 3.83. The molecule has 1 aromatic carbocycles. The zero-order valence-electron chi connectivity index (χ0n) is 18.1. The minimum absolute atomic E-state index is 0.122. The Hall–Kier alpha value is -4.56. The van der Waals surface area contributed by atoms with Crippen molar-refractivity contribution in [2.24, 2.45) is 0 Å². The number of nitrogens with zero attached hydrogens (tertiary/aromatic N) is 7. The first-order valence-electron chi connectivity index (χ1n) is 10.4. The third-order valence-electron chi connectivity index (χ3n) is 5.38. The van der Waals surface area contributed by atoms with Crippen molar-refractivity contribution >= 4 is 17.2 Å². The van der Waals surface area contributed by atoms with Gasteiger partial charge in [-0.25, -0.2) is 14.5 Å². The van der Waals surface area contributed by atoms with Crippen LogP contribution in [0, 0.1) is 11.3 Å². The minimum Gasteiger partial charge on any atom is -0.251 e. The van der Waals surface area contributed by atoms with Crippen LogP contribution < -0.4 is 5.69 Å². The average Bonchev–Trinajstić information content (AvgIpc) is 3.18. The van der Waals surface area contributed by atoms with Crippen LogP contribution in [-0.2, 0) is 12.7 Å². The molecule has 0 amide bonds. The van der Waals surface area contributed by atoms with Crippen molar-refractivity contribution < 1.29 is 13.2 Å². The summed E-state index contributed by atoms with van der Waals surface area (Å²) in [6.07, 6.45) is -0.540. The van der Waals surface area contributed by atoms with Gasteiger partial charge in [-0.15, -0.1) is 5.10 Å². The maximum atomic E-state index is 13.1. The highest BCUT2D eigenvalue weighted by molar-refractivity contribution is 6.30. The Morgan fingerprint density at radius 2 is 1.78 bits per heavy atom. The smallest absolute Gasteiger partial charge is 0.251 e. The van der Waals surface area contributed by atoms with E-state index < -0.39 is 17.6 Å². The summed E-state index contributed by atoms with van der Waals surface area (Å²) in [6.45, 7) is -0.122. The van der Waals surface area contributed by atoms with Gasteiger partial charge in [0.05, 0.1) is 12.7 Å². The van der Waals surface area contributed by atoms with Crippen LogP contribution in [0.15, 0.2) is 71.9 Å². The second kappa shape index (κ2) is 8.90. The Labute approximate surface area is 205 Å². The van der Waals surface area contributed by atoms with Crippen molar-refractivity contribution in [3.05, 3.63) is 99.6 Å². The van der Waals surface area contributed by atoms with Crippen molar-refractivity contribution in [1.82, 2.24) is 29.4 Å². The van der Waals surface area contributed by atoms with Crippen molar-refractivity contribution in [3.8, 4) is 28.3 Å². The average molecular weight is 508 g/mol. The normalized spacial score (nSPS) is 11.5. The lowest BCUT2D eigenvalue weighted by Gasteiger charge is -2.10. The Bertz CT molecular complexity index is 1690. The van der Waals surface area contributed by atoms with Gasteiger partial charge in [0.1, 0.15) is 17.5 Å². The highest BCUT2D eigenvalue weighted by atomic mass is 35.5. The van der Waals surface area contributed by atoms with Crippen LogP contribution in [0.25, 0.3) is 27.9 Å². The molecular weight excluding hydrogens is 495 g/mol. The third kappa shape index (κ3) is 4.30. The van der Waals surface area contributed by atoms with Crippen LogP contribution in [0.1, 0.15) is 17.0 Å². The van der Waals surface area contributed by atoms with E-state index in [0.717, 1.165) is 27.0 Å². The largest absolute Gasteiger partial charge is 0.433 e. The number of fused-ring (bicyclic) bond motifs is 1. The summed E-state index contributed by atoms with van der Waals surface area (Å²) in [5, 5.41) is 18.6. The topological polar surface area (TPSA) is 102 Å². The van der Waals surface area contributed by atoms with E-state index in [1.807, 2.05) is 6.07 Å². The second-order valence-corrected chi connectivity index (χ2v) is 8.14. The molecule has 4 heterocycles. The number of hydrogen-bond donors (Lipinski definition) is 0. The summed E-state index contributed by atoms with van der Waals surface area (Å²) in [4.78, 5) is 20.5. The van der Waals surface area contributed by atoms with E-state index >= 15 is 0 Å². The first kappa shape index (κ1) is 23.2. The molecule has 0 radical (unpaired) electrons. The van der Waals surface area contributed by atoms with Crippen molar-refractivity contribution in [1.29, 1.82) is 5.26 Å². The van der Waals surface area contributed by atoms with Crippen LogP contribution in [0.3, 0.4) is 0 Å². The van der Waals surface area contributed by atoms with Gasteiger partial charge in [0.2, 0.25) is 0 Å². The Kier molecular flexibility index (Phi) is 5.74. The lowest BCUT2D eigenvalue weighted by molar-refractivity contribution is -0.141. The molecule has 0 spiro atoms. The SMILES string of the molecule is N#Cc1cc(-c2c(-c3ccc(Cl)cc3)cnn3c(=O)n(Cc4ccc(C(F)(F)F)nc4)nc23)ccn1. The fourth-order valence-electron chi connectivity index (χ4n) is 3.70. The van der Waals surface area contributed by atoms with Gasteiger partial charge in [-0.05, 0) is 47.0 Å². The molecule has 5 rings (SSSR count). The van der Waals surface area contributed by atoms with E-state index in [2.05, 4.69) is 20.2 Å². The lowest BCUT2D eigenvalue weighted by Crippen LogP contribution is -2.23. The van der Waals surface area contributed by atoms with Crippen LogP contribution in [0.4, 0.5) is 13.2 Å². The predicted molar refractivity (Wildman–Crippen MR) is 124 cm³/mol. The number of rotatable bonds is 4. The van der Waals surface area contributed by atoms with Crippen LogP contribution >= 0.6 is 11.6 Å². The molecule has 0 atom stereocenters. The van der Waals surface area contributed by atoms with Gasteiger partial charge in [-0.2, -0.15) is 28.0 Å². The molecule has 36 heavy (non-hydrogen) atoms. The van der Waals surface area contributed by atoms with Crippen molar-refractivity contribution in [3.63, 3.8) is 0 Å². The van der Waals surface area contributed by atoms with Crippen LogP contribution in [0.2, 0.25) is 5.02 Å². The van der Waals surface area contributed by atoms with Gasteiger partial charge >= 0.3 is 11.9 Å². The van der Waals surface area contributed by atoms with Crippen LogP contribution in [-0.4, -0.2) is 29.4 Å². The molecule has 178 valence electrons. The highest BCUT2D eigenvalue weighted by Crippen LogP contribution is 2.34. The van der Waals surface area contributed by atoms with Gasteiger partial charge in [-0.3, -0.25) is 4.98 Å². The van der Waals surface area contributed by atoms with Gasteiger partial charge in [0.15, 0.2) is 5.65 Å². The monoisotopic (exact) mass is 507 g/mol. The first-order chi connectivity index (χ1) is 17.2. The Morgan fingerprint density at radius 3 is 2.44 bits per heavy atom. The van der Waals surface area contributed by atoms with E-state index in [1.165, 1.54) is 18.5 Å². The molecule has 0 saturated heterocycles. The first-order valence-corrected chi connectivity index (χ1v) is 10.8. The zero-order valence-corrected chi connectivity index (χ0v) is 18.9. The molecule has 12 heteroatoms. The van der Waals surface area contributed by atoms with Crippen molar-refractivity contribution in [2.45, 2.75) is 12.7 Å².